The molecule has 0 spiro atoms. The van der Waals surface area contributed by atoms with Gasteiger partial charge in [0.1, 0.15) is 11.0 Å². The van der Waals surface area contributed by atoms with E-state index in [4.69, 9.17) is 4.74 Å². The van der Waals surface area contributed by atoms with Crippen LogP contribution in [0.5, 0.6) is 5.88 Å². The molecule has 1 fully saturated rings. The summed E-state index contributed by atoms with van der Waals surface area (Å²) in [6, 6.07) is 18.3. The second-order valence-corrected chi connectivity index (χ2v) is 11.7. The van der Waals surface area contributed by atoms with Crippen LogP contribution in [0.15, 0.2) is 71.9 Å². The fourth-order valence-corrected chi connectivity index (χ4v) is 5.94. The van der Waals surface area contributed by atoms with E-state index in [-0.39, 0.29) is 16.9 Å². The van der Waals surface area contributed by atoms with E-state index >= 15 is 0 Å². The number of hydrogen-bond donors (Lipinski definition) is 1. The van der Waals surface area contributed by atoms with Crippen molar-refractivity contribution in [3.8, 4) is 17.1 Å². The number of anilines is 1. The first-order valence-electron chi connectivity index (χ1n) is 13.2. The van der Waals surface area contributed by atoms with Gasteiger partial charge in [0.15, 0.2) is 0 Å². The van der Waals surface area contributed by atoms with E-state index in [2.05, 4.69) is 49.0 Å². The zero-order valence-electron chi connectivity index (χ0n) is 22.5. The van der Waals surface area contributed by atoms with Gasteiger partial charge in [0, 0.05) is 38.0 Å². The molecule has 204 valence electrons. The Hall–Kier alpha value is -3.76. The lowest BCUT2D eigenvalue weighted by Gasteiger charge is -2.18. The summed E-state index contributed by atoms with van der Waals surface area (Å²) in [7, 11) is -2.26. The number of sulfonamides is 1. The second-order valence-electron chi connectivity index (χ2n) is 10.1. The number of hydrogen-bond acceptors (Lipinski definition) is 7. The first-order valence-corrected chi connectivity index (χ1v) is 14.7. The summed E-state index contributed by atoms with van der Waals surface area (Å²) in [4.78, 5) is 11.5. The Morgan fingerprint density at radius 1 is 1.05 bits per heavy atom. The molecule has 0 aliphatic carbocycles. The Kier molecular flexibility index (Phi) is 7.94. The summed E-state index contributed by atoms with van der Waals surface area (Å²) in [6.45, 7) is 6.77. The highest BCUT2D eigenvalue weighted by Gasteiger charge is 2.25. The van der Waals surface area contributed by atoms with Crippen LogP contribution in [0.3, 0.4) is 0 Å². The third-order valence-electron chi connectivity index (χ3n) is 6.96. The maximum Gasteiger partial charge on any atom is 0.267 e. The Bertz CT molecular complexity index is 1520. The molecule has 0 bridgehead atoms. The fraction of sp³-hybridized carbons (Fsp3) is 0.345. The van der Waals surface area contributed by atoms with E-state index in [9.17, 15) is 8.42 Å². The zero-order chi connectivity index (χ0) is 27.4. The molecule has 0 saturated carbocycles. The van der Waals surface area contributed by atoms with Crippen LogP contribution >= 0.6 is 0 Å². The number of likely N-dealkylation sites (tertiary alicyclic amines) is 1. The average Bonchev–Trinajstić information content (AvgIpc) is 3.53. The molecule has 0 radical (unpaired) electrons. The van der Waals surface area contributed by atoms with Crippen molar-refractivity contribution in [1.82, 2.24) is 24.6 Å². The van der Waals surface area contributed by atoms with Crippen molar-refractivity contribution >= 4 is 16.0 Å². The van der Waals surface area contributed by atoms with Crippen molar-refractivity contribution in [1.29, 1.82) is 0 Å². The van der Waals surface area contributed by atoms with Gasteiger partial charge in [0.05, 0.1) is 11.9 Å². The SMILES string of the molecule is Cc1cccc(C)c1-c1cc(OC2CCN(CCCc3ccccc3)C2)nc(NS(=O)(=O)c2cnn(C)c2)n1. The van der Waals surface area contributed by atoms with Crippen molar-refractivity contribution in [2.24, 2.45) is 7.05 Å². The summed E-state index contributed by atoms with van der Waals surface area (Å²) in [5, 5.41) is 3.97. The first-order chi connectivity index (χ1) is 18.8. The van der Waals surface area contributed by atoms with E-state index in [0.29, 0.717) is 11.6 Å². The monoisotopic (exact) mass is 546 g/mol. The minimum Gasteiger partial charge on any atom is -0.473 e. The van der Waals surface area contributed by atoms with Crippen LogP contribution < -0.4 is 9.46 Å². The predicted octanol–water partition coefficient (Wildman–Crippen LogP) is 4.38. The van der Waals surface area contributed by atoms with Gasteiger partial charge in [0.25, 0.3) is 10.0 Å². The number of benzene rings is 2. The highest BCUT2D eigenvalue weighted by Crippen LogP contribution is 2.30. The molecular formula is C29H34N6O3S. The van der Waals surface area contributed by atoms with Crippen molar-refractivity contribution < 1.29 is 13.2 Å². The van der Waals surface area contributed by atoms with Crippen LogP contribution in [0, 0.1) is 13.8 Å². The maximum absolute atomic E-state index is 13.0. The number of nitrogens with zero attached hydrogens (tertiary/aromatic N) is 5. The molecule has 1 aliphatic rings. The number of nitrogens with one attached hydrogen (secondary N) is 1. The van der Waals surface area contributed by atoms with Gasteiger partial charge in [0.2, 0.25) is 11.8 Å². The zero-order valence-corrected chi connectivity index (χ0v) is 23.4. The van der Waals surface area contributed by atoms with Gasteiger partial charge in [-0.3, -0.25) is 9.58 Å². The van der Waals surface area contributed by atoms with Crippen molar-refractivity contribution in [3.05, 3.63) is 83.7 Å². The van der Waals surface area contributed by atoms with Gasteiger partial charge < -0.3 is 4.74 Å². The van der Waals surface area contributed by atoms with Gasteiger partial charge in [-0.1, -0.05) is 48.5 Å². The summed E-state index contributed by atoms with van der Waals surface area (Å²) in [5.41, 5.74) is 4.96. The van der Waals surface area contributed by atoms with Gasteiger partial charge >= 0.3 is 0 Å². The van der Waals surface area contributed by atoms with Crippen molar-refractivity contribution in [2.75, 3.05) is 24.4 Å². The van der Waals surface area contributed by atoms with Crippen molar-refractivity contribution in [3.63, 3.8) is 0 Å². The summed E-state index contributed by atoms with van der Waals surface area (Å²) in [5.74, 6) is 0.314. The van der Waals surface area contributed by atoms with E-state index in [1.807, 2.05) is 38.1 Å². The van der Waals surface area contributed by atoms with Crippen LogP contribution in [0.2, 0.25) is 0 Å². The van der Waals surface area contributed by atoms with Gasteiger partial charge in [-0.05, 0) is 56.3 Å². The third kappa shape index (κ3) is 6.63. The molecule has 39 heavy (non-hydrogen) atoms. The lowest BCUT2D eigenvalue weighted by Crippen LogP contribution is -2.26. The third-order valence-corrected chi connectivity index (χ3v) is 8.24. The van der Waals surface area contributed by atoms with Crippen LogP contribution in [-0.4, -0.2) is 58.8 Å². The molecule has 1 atom stereocenters. The number of rotatable bonds is 10. The Morgan fingerprint density at radius 3 is 2.54 bits per heavy atom. The fourth-order valence-electron chi connectivity index (χ4n) is 5.01. The quantitative estimate of drug-likeness (QED) is 0.315. The summed E-state index contributed by atoms with van der Waals surface area (Å²) < 4.78 is 36.3. The molecule has 1 N–H and O–H groups in total. The van der Waals surface area contributed by atoms with Crippen LogP contribution in [0.25, 0.3) is 11.3 Å². The number of aryl methyl sites for hydroxylation is 4. The van der Waals surface area contributed by atoms with E-state index in [1.54, 1.807) is 13.1 Å². The normalized spacial score (nSPS) is 15.9. The highest BCUT2D eigenvalue weighted by atomic mass is 32.2. The molecule has 0 amide bonds. The minimum atomic E-state index is -3.92. The maximum atomic E-state index is 13.0. The lowest BCUT2D eigenvalue weighted by molar-refractivity contribution is 0.193. The molecule has 1 unspecified atom stereocenters. The first kappa shape index (κ1) is 26.8. The van der Waals surface area contributed by atoms with Crippen LogP contribution in [-0.2, 0) is 23.5 Å². The smallest absolute Gasteiger partial charge is 0.267 e. The number of ether oxygens (including phenoxy) is 1. The molecule has 3 heterocycles. The summed E-state index contributed by atoms with van der Waals surface area (Å²) >= 11 is 0. The Balaban J connectivity index is 1.34. The topological polar surface area (TPSA) is 102 Å². The molecule has 2 aromatic heterocycles. The standard InChI is InChI=1S/C29H34N6O3S/c1-21-9-7-10-22(2)28(21)26-17-27(32-29(31-26)33-39(36,37)25-18-30-34(3)20-25)38-24-14-16-35(19-24)15-8-13-23-11-5-4-6-12-23/h4-7,9-12,17-18,20,24H,8,13-16,19H2,1-3H3,(H,31,32,33). The van der Waals surface area contributed by atoms with Gasteiger partial charge in [-0.2, -0.15) is 10.1 Å². The minimum absolute atomic E-state index is 0.0354. The molecule has 1 aliphatic heterocycles. The van der Waals surface area contributed by atoms with Crippen molar-refractivity contribution in [2.45, 2.75) is 44.1 Å². The van der Waals surface area contributed by atoms with E-state index in [1.165, 1.54) is 22.6 Å². The molecule has 5 rings (SSSR count). The summed E-state index contributed by atoms with van der Waals surface area (Å²) in [6.07, 6.45) is 5.70. The Labute approximate surface area is 229 Å². The Morgan fingerprint density at radius 2 is 1.82 bits per heavy atom. The second kappa shape index (κ2) is 11.5. The predicted molar refractivity (Wildman–Crippen MR) is 151 cm³/mol. The van der Waals surface area contributed by atoms with Gasteiger partial charge in [-0.15, -0.1) is 0 Å². The lowest BCUT2D eigenvalue weighted by atomic mass is 10.00. The average molecular weight is 547 g/mol. The number of aromatic nitrogens is 4. The molecule has 4 aromatic rings. The largest absolute Gasteiger partial charge is 0.473 e. The van der Waals surface area contributed by atoms with E-state index < -0.39 is 10.0 Å². The molecule has 10 heteroatoms. The molecule has 1 saturated heterocycles. The molecular weight excluding hydrogens is 512 g/mol. The van der Waals surface area contributed by atoms with Crippen LogP contribution in [0.1, 0.15) is 29.5 Å². The molecule has 2 aromatic carbocycles. The van der Waals surface area contributed by atoms with E-state index in [0.717, 1.165) is 55.6 Å². The molecule has 9 nitrogen and oxygen atoms in total. The van der Waals surface area contributed by atoms with Crippen LogP contribution in [0.4, 0.5) is 5.95 Å². The van der Waals surface area contributed by atoms with Gasteiger partial charge in [-0.25, -0.2) is 18.1 Å². The highest BCUT2D eigenvalue weighted by molar-refractivity contribution is 7.92.